The van der Waals surface area contributed by atoms with Crippen molar-refractivity contribution >= 4 is 32.1 Å². The summed E-state index contributed by atoms with van der Waals surface area (Å²) in [5, 5.41) is 22.4. The summed E-state index contributed by atoms with van der Waals surface area (Å²) in [5.41, 5.74) is 1.55. The van der Waals surface area contributed by atoms with Crippen LogP contribution in [0.3, 0.4) is 0 Å². The van der Waals surface area contributed by atoms with Crippen LogP contribution >= 0.6 is 22.7 Å². The van der Waals surface area contributed by atoms with Gasteiger partial charge in [-0.3, -0.25) is 0 Å². The zero-order valence-corrected chi connectivity index (χ0v) is 7.71. The predicted octanol–water partition coefficient (Wildman–Crippen LogP) is 2.33. The summed E-state index contributed by atoms with van der Waals surface area (Å²) in [6.07, 6.45) is 0. The van der Waals surface area contributed by atoms with E-state index in [0.717, 1.165) is 15.0 Å². The molecule has 0 unspecified atom stereocenters. The average molecular weight is 195 g/mol. The maximum atomic E-state index is 8.96. The fraction of sp³-hybridized carbons (Fsp3) is 0.125. The molecule has 2 nitrogen and oxygen atoms in total. The van der Waals surface area contributed by atoms with Crippen molar-refractivity contribution in [2.75, 3.05) is 0 Å². The van der Waals surface area contributed by atoms with Gasteiger partial charge in [-0.2, -0.15) is 5.26 Å². The molecule has 0 radical (unpaired) electrons. The summed E-state index contributed by atoms with van der Waals surface area (Å²) in [7, 11) is 0. The van der Waals surface area contributed by atoms with Crippen LogP contribution in [0.25, 0.3) is 9.40 Å². The molecule has 0 aliphatic carbocycles. The maximum Gasteiger partial charge on any atom is 0.101 e. The van der Waals surface area contributed by atoms with Crippen LogP contribution in [0.4, 0.5) is 0 Å². The minimum absolute atomic E-state index is 0.0193. The van der Waals surface area contributed by atoms with Crippen molar-refractivity contribution in [3.8, 4) is 6.07 Å². The summed E-state index contributed by atoms with van der Waals surface area (Å²) < 4.78 is 1.12. The second-order valence-corrected chi connectivity index (χ2v) is 4.36. The third-order valence-electron chi connectivity index (χ3n) is 1.68. The Balaban J connectivity index is 2.81. The number of fused-ring (bicyclic) bond motifs is 1. The molecule has 0 amide bonds. The third kappa shape index (κ3) is 0.950. The van der Waals surface area contributed by atoms with E-state index < -0.39 is 0 Å². The molecular formula is C8H5NOS2. The Hall–Kier alpha value is -0.890. The van der Waals surface area contributed by atoms with Gasteiger partial charge >= 0.3 is 0 Å². The molecule has 2 aromatic heterocycles. The average Bonchev–Trinajstić information content (AvgIpc) is 2.62. The van der Waals surface area contributed by atoms with E-state index in [1.807, 2.05) is 10.8 Å². The summed E-state index contributed by atoms with van der Waals surface area (Å²) in [6.45, 7) is 0.0193. The molecule has 0 saturated heterocycles. The number of thiophene rings is 2. The van der Waals surface area contributed by atoms with Crippen LogP contribution in [0.15, 0.2) is 10.8 Å². The molecule has 0 aromatic carbocycles. The number of nitriles is 1. The first-order valence-electron chi connectivity index (χ1n) is 3.35. The van der Waals surface area contributed by atoms with Gasteiger partial charge in [-0.15, -0.1) is 22.7 Å². The van der Waals surface area contributed by atoms with Crippen molar-refractivity contribution in [3.05, 3.63) is 21.9 Å². The molecular weight excluding hydrogens is 190 g/mol. The number of rotatable bonds is 1. The highest BCUT2D eigenvalue weighted by Crippen LogP contribution is 2.34. The molecule has 12 heavy (non-hydrogen) atoms. The van der Waals surface area contributed by atoms with Crippen molar-refractivity contribution in [2.24, 2.45) is 0 Å². The highest BCUT2D eigenvalue weighted by Gasteiger charge is 2.09. The molecule has 4 heteroatoms. The van der Waals surface area contributed by atoms with Gasteiger partial charge in [-0.25, -0.2) is 0 Å². The number of nitrogens with zero attached hydrogens (tertiary/aromatic N) is 1. The highest BCUT2D eigenvalue weighted by molar-refractivity contribution is 7.37. The molecule has 1 N–H and O–H groups in total. The molecule has 0 aliphatic rings. The highest BCUT2D eigenvalue weighted by atomic mass is 32.2. The Bertz CT molecular complexity index is 449. The molecule has 0 aliphatic heterocycles. The minimum Gasteiger partial charge on any atom is -0.392 e. The van der Waals surface area contributed by atoms with E-state index in [-0.39, 0.29) is 6.61 Å². The molecule has 0 saturated carbocycles. The van der Waals surface area contributed by atoms with Crippen molar-refractivity contribution in [3.63, 3.8) is 0 Å². The van der Waals surface area contributed by atoms with E-state index in [4.69, 9.17) is 10.4 Å². The van der Waals surface area contributed by atoms with E-state index in [2.05, 4.69) is 6.07 Å². The molecule has 0 atom stereocenters. The number of hydrogen-bond acceptors (Lipinski definition) is 4. The molecule has 2 rings (SSSR count). The van der Waals surface area contributed by atoms with Crippen molar-refractivity contribution < 1.29 is 5.11 Å². The normalized spacial score (nSPS) is 10.3. The summed E-state index contributed by atoms with van der Waals surface area (Å²) in [5.74, 6) is 0. The smallest absolute Gasteiger partial charge is 0.101 e. The Labute approximate surface area is 77.3 Å². The first-order valence-corrected chi connectivity index (χ1v) is 5.11. The topological polar surface area (TPSA) is 44.0 Å². The fourth-order valence-electron chi connectivity index (χ4n) is 1.11. The molecule has 2 aromatic rings. The summed E-state index contributed by atoms with van der Waals surface area (Å²) in [6, 6.07) is 2.12. The summed E-state index contributed by atoms with van der Waals surface area (Å²) in [4.78, 5) is 0. The van der Waals surface area contributed by atoms with Gasteiger partial charge < -0.3 is 5.11 Å². The van der Waals surface area contributed by atoms with Gasteiger partial charge in [0.15, 0.2) is 0 Å². The van der Waals surface area contributed by atoms with Gasteiger partial charge in [-0.1, -0.05) is 0 Å². The van der Waals surface area contributed by atoms with E-state index in [1.54, 1.807) is 22.7 Å². The Morgan fingerprint density at radius 1 is 1.42 bits per heavy atom. The maximum absolute atomic E-state index is 8.96. The van der Waals surface area contributed by atoms with Gasteiger partial charge in [0, 0.05) is 10.8 Å². The lowest BCUT2D eigenvalue weighted by Gasteiger charge is -1.87. The first-order chi connectivity index (χ1) is 5.86. The van der Waals surface area contributed by atoms with E-state index in [9.17, 15) is 0 Å². The number of aliphatic hydroxyl groups is 1. The van der Waals surface area contributed by atoms with Crippen LogP contribution in [0.5, 0.6) is 0 Å². The largest absolute Gasteiger partial charge is 0.392 e. The van der Waals surface area contributed by atoms with Gasteiger partial charge in [0.25, 0.3) is 0 Å². The number of aliphatic hydroxyl groups excluding tert-OH is 1. The molecule has 2 heterocycles. The van der Waals surface area contributed by atoms with Crippen LogP contribution in [0.2, 0.25) is 0 Å². The lowest BCUT2D eigenvalue weighted by atomic mass is 10.2. The van der Waals surface area contributed by atoms with Gasteiger partial charge in [-0.05, 0) is 10.9 Å². The SMILES string of the molecule is N#Cc1csc2scc(CO)c12. The standard InChI is InChI=1S/C8H5NOS2/c9-1-5-3-11-8-7(5)6(2-10)4-12-8/h3-4,10H,2H2. The minimum atomic E-state index is 0.0193. The summed E-state index contributed by atoms with van der Waals surface area (Å²) >= 11 is 3.14. The quantitative estimate of drug-likeness (QED) is 0.759. The second kappa shape index (κ2) is 2.87. The lowest BCUT2D eigenvalue weighted by Crippen LogP contribution is -1.78. The Kier molecular flexibility index (Phi) is 1.85. The molecule has 0 bridgehead atoms. The van der Waals surface area contributed by atoms with Crippen LogP contribution in [-0.2, 0) is 6.61 Å². The molecule has 0 spiro atoms. The van der Waals surface area contributed by atoms with Gasteiger partial charge in [0.2, 0.25) is 0 Å². The van der Waals surface area contributed by atoms with Crippen LogP contribution in [0.1, 0.15) is 11.1 Å². The Morgan fingerprint density at radius 2 is 2.17 bits per heavy atom. The first kappa shape index (κ1) is 7.74. The Morgan fingerprint density at radius 3 is 2.83 bits per heavy atom. The van der Waals surface area contributed by atoms with Crippen molar-refractivity contribution in [1.82, 2.24) is 0 Å². The van der Waals surface area contributed by atoms with E-state index in [0.29, 0.717) is 5.56 Å². The molecule has 60 valence electrons. The second-order valence-electron chi connectivity index (χ2n) is 2.34. The van der Waals surface area contributed by atoms with E-state index >= 15 is 0 Å². The van der Waals surface area contributed by atoms with Crippen molar-refractivity contribution in [1.29, 1.82) is 5.26 Å². The lowest BCUT2D eigenvalue weighted by molar-refractivity contribution is 0.284. The number of hydrogen-bond donors (Lipinski definition) is 1. The van der Waals surface area contributed by atoms with Crippen LogP contribution in [-0.4, -0.2) is 5.11 Å². The van der Waals surface area contributed by atoms with Gasteiger partial charge in [0.05, 0.1) is 16.2 Å². The zero-order chi connectivity index (χ0) is 8.55. The zero-order valence-electron chi connectivity index (χ0n) is 6.07. The van der Waals surface area contributed by atoms with Gasteiger partial charge in [0.1, 0.15) is 6.07 Å². The van der Waals surface area contributed by atoms with Crippen LogP contribution < -0.4 is 0 Å². The van der Waals surface area contributed by atoms with Crippen LogP contribution in [0, 0.1) is 11.3 Å². The third-order valence-corrected chi connectivity index (χ3v) is 3.85. The van der Waals surface area contributed by atoms with E-state index in [1.165, 1.54) is 0 Å². The van der Waals surface area contributed by atoms with Crippen molar-refractivity contribution in [2.45, 2.75) is 6.61 Å². The predicted molar refractivity (Wildman–Crippen MR) is 50.3 cm³/mol. The monoisotopic (exact) mass is 195 g/mol. The molecule has 0 fully saturated rings. The fourth-order valence-corrected chi connectivity index (χ4v) is 3.18.